The molecule has 0 saturated carbocycles. The Morgan fingerprint density at radius 3 is 2.48 bits per heavy atom. The normalized spacial score (nSPS) is 14.5. The molecule has 1 saturated heterocycles. The van der Waals surface area contributed by atoms with Gasteiger partial charge >= 0.3 is 0 Å². The molecule has 0 aliphatic carbocycles. The molecule has 1 aliphatic heterocycles. The molecule has 4 rings (SSSR count). The third-order valence-electron chi connectivity index (χ3n) is 5.80. The van der Waals surface area contributed by atoms with Crippen LogP contribution in [0, 0.1) is 0 Å². The first-order chi connectivity index (χ1) is 16.3. The number of nitrogens with zero attached hydrogens (tertiary/aromatic N) is 2. The summed E-state index contributed by atoms with van der Waals surface area (Å²) < 4.78 is 11.7. The van der Waals surface area contributed by atoms with Crippen molar-refractivity contribution in [3.8, 4) is 11.5 Å². The monoisotopic (exact) mass is 445 g/mol. The highest BCUT2D eigenvalue weighted by Crippen LogP contribution is 2.20. The number of ether oxygens (including phenoxy) is 2. The number of piperidine rings is 1. The number of hydrogen-bond acceptors (Lipinski definition) is 5. The van der Waals surface area contributed by atoms with Crippen molar-refractivity contribution in [2.75, 3.05) is 32.8 Å². The fourth-order valence-corrected chi connectivity index (χ4v) is 3.93. The Hall–Kier alpha value is -3.38. The second-order valence-electron chi connectivity index (χ2n) is 8.21. The van der Waals surface area contributed by atoms with E-state index in [9.17, 15) is 4.79 Å². The summed E-state index contributed by atoms with van der Waals surface area (Å²) in [6.07, 6.45) is 6.70. The van der Waals surface area contributed by atoms with Crippen LogP contribution in [-0.4, -0.2) is 54.7 Å². The molecule has 6 heteroatoms. The van der Waals surface area contributed by atoms with Gasteiger partial charge in [0.05, 0.1) is 12.7 Å². The van der Waals surface area contributed by atoms with Crippen LogP contribution in [0.15, 0.2) is 79.1 Å². The Morgan fingerprint density at radius 1 is 0.970 bits per heavy atom. The van der Waals surface area contributed by atoms with Crippen LogP contribution in [0.5, 0.6) is 11.5 Å². The summed E-state index contributed by atoms with van der Waals surface area (Å²) in [6, 6.07) is 21.7. The minimum absolute atomic E-state index is 0.122. The second kappa shape index (κ2) is 12.0. The van der Waals surface area contributed by atoms with Gasteiger partial charge in [-0.1, -0.05) is 30.3 Å². The number of pyridine rings is 1. The van der Waals surface area contributed by atoms with Crippen LogP contribution in [0.25, 0.3) is 0 Å². The Bertz CT molecular complexity index is 973. The average Bonchev–Trinajstić information content (AvgIpc) is 2.88. The van der Waals surface area contributed by atoms with Crippen molar-refractivity contribution in [1.82, 2.24) is 15.2 Å². The summed E-state index contributed by atoms with van der Waals surface area (Å²) in [5, 5.41) is 2.87. The third-order valence-corrected chi connectivity index (χ3v) is 5.80. The Morgan fingerprint density at radius 2 is 1.76 bits per heavy atom. The largest absolute Gasteiger partial charge is 0.490 e. The molecule has 1 aromatic heterocycles. The van der Waals surface area contributed by atoms with Gasteiger partial charge in [0.25, 0.3) is 5.91 Å². The van der Waals surface area contributed by atoms with Crippen LogP contribution >= 0.6 is 0 Å². The van der Waals surface area contributed by atoms with Gasteiger partial charge in [0.2, 0.25) is 0 Å². The molecular weight excluding hydrogens is 414 g/mol. The molecule has 0 unspecified atom stereocenters. The smallest absolute Gasteiger partial charge is 0.251 e. The lowest BCUT2D eigenvalue weighted by molar-refractivity contribution is 0.0946. The summed E-state index contributed by atoms with van der Waals surface area (Å²) in [4.78, 5) is 18.8. The van der Waals surface area contributed by atoms with E-state index in [-0.39, 0.29) is 12.0 Å². The lowest BCUT2D eigenvalue weighted by Crippen LogP contribution is -2.39. The molecule has 2 heterocycles. The summed E-state index contributed by atoms with van der Waals surface area (Å²) in [7, 11) is 0. The number of aromatic nitrogens is 1. The topological polar surface area (TPSA) is 63.7 Å². The van der Waals surface area contributed by atoms with E-state index >= 15 is 0 Å². The molecular formula is C27H31N3O3. The molecule has 0 spiro atoms. The second-order valence-corrected chi connectivity index (χ2v) is 8.21. The standard InChI is InChI=1S/C27H31N3O3/c31-27(29-16-20-32-26-7-4-15-28-21-26)23-8-10-24(11-9-23)33-25-13-18-30(19-14-25)17-12-22-5-2-1-3-6-22/h1-11,15,21,25H,12-14,16-20H2,(H,29,31). The van der Waals surface area contributed by atoms with E-state index in [4.69, 9.17) is 9.47 Å². The van der Waals surface area contributed by atoms with E-state index in [0.717, 1.165) is 44.6 Å². The number of hydrogen-bond donors (Lipinski definition) is 1. The zero-order valence-corrected chi connectivity index (χ0v) is 18.9. The van der Waals surface area contributed by atoms with Gasteiger partial charge in [0.15, 0.2) is 0 Å². The van der Waals surface area contributed by atoms with Gasteiger partial charge in [0, 0.05) is 31.4 Å². The van der Waals surface area contributed by atoms with Crippen molar-refractivity contribution in [3.63, 3.8) is 0 Å². The molecule has 1 fully saturated rings. The number of amides is 1. The minimum Gasteiger partial charge on any atom is -0.490 e. The molecule has 2 aromatic carbocycles. The van der Waals surface area contributed by atoms with Gasteiger partial charge in [-0.15, -0.1) is 0 Å². The summed E-state index contributed by atoms with van der Waals surface area (Å²) in [5.41, 5.74) is 2.00. The number of rotatable bonds is 10. The number of carbonyl (C=O) groups is 1. The highest BCUT2D eigenvalue weighted by Gasteiger charge is 2.20. The Labute approximate surface area is 195 Å². The SMILES string of the molecule is O=C(NCCOc1cccnc1)c1ccc(OC2CCN(CCc3ccccc3)CC2)cc1. The van der Waals surface area contributed by atoms with Gasteiger partial charge < -0.3 is 19.7 Å². The minimum atomic E-state index is -0.122. The molecule has 1 N–H and O–H groups in total. The number of nitrogens with one attached hydrogen (secondary N) is 1. The Kier molecular flexibility index (Phi) is 8.30. The maximum Gasteiger partial charge on any atom is 0.251 e. The van der Waals surface area contributed by atoms with Crippen molar-refractivity contribution in [2.45, 2.75) is 25.4 Å². The van der Waals surface area contributed by atoms with E-state index in [0.29, 0.717) is 24.5 Å². The van der Waals surface area contributed by atoms with Crippen LogP contribution in [0.1, 0.15) is 28.8 Å². The number of likely N-dealkylation sites (tertiary alicyclic amines) is 1. The maximum absolute atomic E-state index is 12.3. The first kappa shape index (κ1) is 22.8. The van der Waals surface area contributed by atoms with Crippen molar-refractivity contribution in [2.24, 2.45) is 0 Å². The van der Waals surface area contributed by atoms with E-state index < -0.39 is 0 Å². The molecule has 0 atom stereocenters. The predicted octanol–water partition coefficient (Wildman–Crippen LogP) is 3.98. The quantitative estimate of drug-likeness (QED) is 0.479. The lowest BCUT2D eigenvalue weighted by Gasteiger charge is -2.32. The van der Waals surface area contributed by atoms with E-state index in [2.05, 4.69) is 45.5 Å². The molecule has 3 aromatic rings. The summed E-state index contributed by atoms with van der Waals surface area (Å²) >= 11 is 0. The van der Waals surface area contributed by atoms with E-state index in [1.807, 2.05) is 36.4 Å². The van der Waals surface area contributed by atoms with Gasteiger partial charge in [-0.05, 0) is 61.2 Å². The zero-order chi connectivity index (χ0) is 22.7. The molecule has 33 heavy (non-hydrogen) atoms. The van der Waals surface area contributed by atoms with Crippen LogP contribution in [0.4, 0.5) is 0 Å². The van der Waals surface area contributed by atoms with Crippen LogP contribution in [0.3, 0.4) is 0 Å². The molecule has 0 bridgehead atoms. The van der Waals surface area contributed by atoms with Crippen LogP contribution in [-0.2, 0) is 6.42 Å². The Balaban J connectivity index is 1.14. The maximum atomic E-state index is 12.3. The molecule has 1 aliphatic rings. The zero-order valence-electron chi connectivity index (χ0n) is 18.9. The van der Waals surface area contributed by atoms with E-state index in [1.165, 1.54) is 5.56 Å². The van der Waals surface area contributed by atoms with E-state index in [1.54, 1.807) is 12.4 Å². The van der Waals surface area contributed by atoms with Crippen molar-refractivity contribution in [1.29, 1.82) is 0 Å². The van der Waals surface area contributed by atoms with Gasteiger partial charge in [-0.2, -0.15) is 0 Å². The fraction of sp³-hybridized carbons (Fsp3) is 0.333. The number of benzene rings is 2. The average molecular weight is 446 g/mol. The lowest BCUT2D eigenvalue weighted by atomic mass is 10.1. The van der Waals surface area contributed by atoms with Crippen molar-refractivity contribution in [3.05, 3.63) is 90.3 Å². The van der Waals surface area contributed by atoms with Gasteiger partial charge in [-0.3, -0.25) is 9.78 Å². The first-order valence-electron chi connectivity index (χ1n) is 11.6. The molecule has 0 radical (unpaired) electrons. The fourth-order valence-electron chi connectivity index (χ4n) is 3.93. The molecule has 172 valence electrons. The van der Waals surface area contributed by atoms with Crippen molar-refractivity contribution < 1.29 is 14.3 Å². The van der Waals surface area contributed by atoms with Crippen molar-refractivity contribution >= 4 is 5.91 Å². The summed E-state index contributed by atoms with van der Waals surface area (Å²) in [5.74, 6) is 1.38. The third kappa shape index (κ3) is 7.32. The highest BCUT2D eigenvalue weighted by atomic mass is 16.5. The predicted molar refractivity (Wildman–Crippen MR) is 129 cm³/mol. The first-order valence-corrected chi connectivity index (χ1v) is 11.6. The highest BCUT2D eigenvalue weighted by molar-refractivity contribution is 5.94. The molecule has 1 amide bonds. The van der Waals surface area contributed by atoms with Crippen LogP contribution in [0.2, 0.25) is 0 Å². The van der Waals surface area contributed by atoms with Gasteiger partial charge in [0.1, 0.15) is 24.2 Å². The molecule has 6 nitrogen and oxygen atoms in total. The summed E-state index contributed by atoms with van der Waals surface area (Å²) in [6.45, 7) is 4.02. The number of carbonyl (C=O) groups excluding carboxylic acids is 1. The van der Waals surface area contributed by atoms with Crippen LogP contribution < -0.4 is 14.8 Å². The van der Waals surface area contributed by atoms with Gasteiger partial charge in [-0.25, -0.2) is 0 Å².